The van der Waals surface area contributed by atoms with Crippen molar-refractivity contribution in [3.8, 4) is 5.75 Å². The van der Waals surface area contributed by atoms with Gasteiger partial charge < -0.3 is 14.2 Å². The van der Waals surface area contributed by atoms with Gasteiger partial charge in [0.2, 0.25) is 0 Å². The van der Waals surface area contributed by atoms with Crippen molar-refractivity contribution in [2.45, 2.75) is 33.0 Å². The van der Waals surface area contributed by atoms with Gasteiger partial charge in [0.1, 0.15) is 18.0 Å². The van der Waals surface area contributed by atoms with Crippen molar-refractivity contribution in [3.63, 3.8) is 0 Å². The minimum atomic E-state index is -0.608. The van der Waals surface area contributed by atoms with Gasteiger partial charge in [-0.3, -0.25) is 5.32 Å². The summed E-state index contributed by atoms with van der Waals surface area (Å²) in [5.74, 6) is 0.107. The van der Waals surface area contributed by atoms with Crippen LogP contribution in [0, 0.1) is 0 Å². The lowest BCUT2D eigenvalue weighted by Gasteiger charge is -2.20. The summed E-state index contributed by atoms with van der Waals surface area (Å²) >= 11 is 0. The molecule has 0 atom stereocenters. The third-order valence-electron chi connectivity index (χ3n) is 4.22. The molecule has 0 saturated carbocycles. The van der Waals surface area contributed by atoms with Crippen molar-refractivity contribution in [2.75, 3.05) is 12.4 Å². The van der Waals surface area contributed by atoms with E-state index in [1.165, 1.54) is 7.11 Å². The molecule has 30 heavy (non-hydrogen) atoms. The van der Waals surface area contributed by atoms with Gasteiger partial charge in [-0.15, -0.1) is 0 Å². The van der Waals surface area contributed by atoms with E-state index in [1.54, 1.807) is 51.1 Å². The number of fused-ring (bicyclic) bond motifs is 1. The lowest BCUT2D eigenvalue weighted by Crippen LogP contribution is -2.27. The van der Waals surface area contributed by atoms with Crippen molar-refractivity contribution < 1.29 is 23.8 Å². The summed E-state index contributed by atoms with van der Waals surface area (Å²) < 4.78 is 16.2. The van der Waals surface area contributed by atoms with Gasteiger partial charge in [-0.1, -0.05) is 36.4 Å². The number of benzene rings is 3. The topological polar surface area (TPSA) is 73.9 Å². The summed E-state index contributed by atoms with van der Waals surface area (Å²) in [4.78, 5) is 24.2. The second-order valence-corrected chi connectivity index (χ2v) is 7.80. The Balaban J connectivity index is 1.96. The number of ether oxygens (including phenoxy) is 3. The molecule has 6 nitrogen and oxygen atoms in total. The average Bonchev–Trinajstić information content (AvgIpc) is 2.70. The Kier molecular flexibility index (Phi) is 6.26. The first-order valence-corrected chi connectivity index (χ1v) is 9.58. The molecule has 3 aromatic rings. The largest absolute Gasteiger partial charge is 0.488 e. The zero-order valence-corrected chi connectivity index (χ0v) is 17.5. The van der Waals surface area contributed by atoms with Crippen LogP contribution in [0.3, 0.4) is 0 Å². The Labute approximate surface area is 175 Å². The van der Waals surface area contributed by atoms with E-state index in [0.29, 0.717) is 23.6 Å². The van der Waals surface area contributed by atoms with Crippen LogP contribution in [0.15, 0.2) is 60.7 Å². The van der Waals surface area contributed by atoms with Crippen LogP contribution in [0.4, 0.5) is 10.5 Å². The van der Waals surface area contributed by atoms with E-state index in [0.717, 1.165) is 16.3 Å². The number of esters is 1. The number of carbonyl (C=O) groups excluding carboxylic acids is 2. The summed E-state index contributed by atoms with van der Waals surface area (Å²) in [5, 5.41) is 4.29. The summed E-state index contributed by atoms with van der Waals surface area (Å²) in [6, 6.07) is 18.4. The molecule has 0 heterocycles. The molecule has 3 rings (SSSR count). The van der Waals surface area contributed by atoms with Crippen molar-refractivity contribution >= 4 is 28.5 Å². The minimum absolute atomic E-state index is 0.342. The molecule has 6 heteroatoms. The lowest BCUT2D eigenvalue weighted by atomic mass is 10.0. The molecule has 1 N–H and O–H groups in total. The fourth-order valence-corrected chi connectivity index (χ4v) is 2.92. The van der Waals surface area contributed by atoms with E-state index in [-0.39, 0.29) is 0 Å². The molecule has 0 radical (unpaired) electrons. The van der Waals surface area contributed by atoms with Gasteiger partial charge in [0.15, 0.2) is 0 Å². The first-order valence-electron chi connectivity index (χ1n) is 9.58. The van der Waals surface area contributed by atoms with Gasteiger partial charge in [-0.05, 0) is 49.9 Å². The Bertz CT molecular complexity index is 1050. The van der Waals surface area contributed by atoms with Crippen molar-refractivity contribution in [2.24, 2.45) is 0 Å². The van der Waals surface area contributed by atoms with E-state index in [4.69, 9.17) is 14.2 Å². The average molecular weight is 407 g/mol. The minimum Gasteiger partial charge on any atom is -0.488 e. The zero-order chi connectivity index (χ0) is 21.7. The predicted molar refractivity (Wildman–Crippen MR) is 116 cm³/mol. The van der Waals surface area contributed by atoms with Crippen LogP contribution in [0.25, 0.3) is 10.8 Å². The van der Waals surface area contributed by atoms with Gasteiger partial charge in [-0.2, -0.15) is 0 Å². The van der Waals surface area contributed by atoms with Crippen LogP contribution >= 0.6 is 0 Å². The van der Waals surface area contributed by atoms with Crippen LogP contribution < -0.4 is 10.1 Å². The fourth-order valence-electron chi connectivity index (χ4n) is 2.92. The molecule has 0 aliphatic heterocycles. The smallest absolute Gasteiger partial charge is 0.412 e. The predicted octanol–water partition coefficient (Wildman–Crippen LogP) is 5.55. The van der Waals surface area contributed by atoms with Crippen LogP contribution in [0.5, 0.6) is 5.75 Å². The maximum Gasteiger partial charge on any atom is 0.412 e. The van der Waals surface area contributed by atoms with Gasteiger partial charge >= 0.3 is 12.1 Å². The number of methoxy groups -OCH3 is 1. The van der Waals surface area contributed by atoms with Gasteiger partial charge in [0, 0.05) is 17.1 Å². The molecule has 0 aliphatic carbocycles. The Morgan fingerprint density at radius 2 is 1.70 bits per heavy atom. The number of hydrogen-bond donors (Lipinski definition) is 1. The molecule has 3 aromatic carbocycles. The van der Waals surface area contributed by atoms with E-state index in [9.17, 15) is 9.59 Å². The van der Waals surface area contributed by atoms with Crippen molar-refractivity contribution in [3.05, 3.63) is 71.8 Å². The first-order chi connectivity index (χ1) is 14.2. The summed E-state index contributed by atoms with van der Waals surface area (Å²) in [6.45, 7) is 5.75. The van der Waals surface area contributed by atoms with Gasteiger partial charge in [0.05, 0.1) is 12.7 Å². The molecular weight excluding hydrogens is 382 g/mol. The van der Waals surface area contributed by atoms with E-state index in [1.807, 2.05) is 30.3 Å². The van der Waals surface area contributed by atoms with Crippen molar-refractivity contribution in [1.29, 1.82) is 0 Å². The Morgan fingerprint density at radius 3 is 2.37 bits per heavy atom. The molecule has 0 aliphatic rings. The van der Waals surface area contributed by atoms with Crippen LogP contribution in [-0.4, -0.2) is 24.8 Å². The number of rotatable bonds is 5. The fraction of sp³-hybridized carbons (Fsp3) is 0.250. The normalized spacial score (nSPS) is 11.1. The lowest BCUT2D eigenvalue weighted by molar-refractivity contribution is 0.0598. The molecular formula is C24H25NO5. The second kappa shape index (κ2) is 8.86. The number of amides is 1. The summed E-state index contributed by atoms with van der Waals surface area (Å²) in [5.41, 5.74) is 1.34. The highest BCUT2D eigenvalue weighted by Gasteiger charge is 2.17. The van der Waals surface area contributed by atoms with Crippen LogP contribution in [0.2, 0.25) is 0 Å². The third kappa shape index (κ3) is 5.50. The highest BCUT2D eigenvalue weighted by molar-refractivity contribution is 6.00. The molecule has 1 amide bonds. The molecule has 0 spiro atoms. The SMILES string of the molecule is COC(=O)c1ccc2cc(NC(=O)OC(C)(C)C)cc(OCc3ccccc3)c2c1. The molecule has 156 valence electrons. The molecule has 0 bridgehead atoms. The summed E-state index contributed by atoms with van der Waals surface area (Å²) in [6.07, 6.45) is -0.554. The standard InChI is InChI=1S/C24H25NO5/c1-24(2,3)30-23(27)25-19-12-17-10-11-18(22(26)28-4)13-20(17)21(14-19)29-15-16-8-6-5-7-9-16/h5-14H,15H2,1-4H3,(H,25,27). The van der Waals surface area contributed by atoms with Gasteiger partial charge in [-0.25, -0.2) is 9.59 Å². The molecule has 0 saturated heterocycles. The van der Waals surface area contributed by atoms with E-state index in [2.05, 4.69) is 5.32 Å². The van der Waals surface area contributed by atoms with E-state index >= 15 is 0 Å². The van der Waals surface area contributed by atoms with Crippen LogP contribution in [-0.2, 0) is 16.1 Å². The van der Waals surface area contributed by atoms with Crippen molar-refractivity contribution in [1.82, 2.24) is 0 Å². The monoisotopic (exact) mass is 407 g/mol. The number of hydrogen-bond acceptors (Lipinski definition) is 5. The Morgan fingerprint density at radius 1 is 0.967 bits per heavy atom. The second-order valence-electron chi connectivity index (χ2n) is 7.80. The van der Waals surface area contributed by atoms with Crippen LogP contribution in [0.1, 0.15) is 36.7 Å². The highest BCUT2D eigenvalue weighted by Crippen LogP contribution is 2.32. The maximum absolute atomic E-state index is 12.2. The number of nitrogens with one attached hydrogen (secondary N) is 1. The Hall–Kier alpha value is -3.54. The first kappa shape index (κ1) is 21.2. The zero-order valence-electron chi connectivity index (χ0n) is 17.5. The van der Waals surface area contributed by atoms with Gasteiger partial charge in [0.25, 0.3) is 0 Å². The molecule has 0 fully saturated rings. The summed E-state index contributed by atoms with van der Waals surface area (Å²) in [7, 11) is 1.34. The third-order valence-corrected chi connectivity index (χ3v) is 4.22. The maximum atomic E-state index is 12.2. The van der Waals surface area contributed by atoms with E-state index < -0.39 is 17.7 Å². The molecule has 0 aromatic heterocycles. The number of anilines is 1. The molecule has 0 unspecified atom stereocenters. The quantitative estimate of drug-likeness (QED) is 0.561. The highest BCUT2D eigenvalue weighted by atomic mass is 16.6. The number of carbonyl (C=O) groups is 2.